The molecule has 1 aromatic carbocycles. The van der Waals surface area contributed by atoms with E-state index >= 15 is 0 Å². The molecule has 0 saturated heterocycles. The highest BCUT2D eigenvalue weighted by atomic mass is 15.0. The second-order valence-electron chi connectivity index (χ2n) is 6.78. The minimum Gasteiger partial charge on any atom is -0.347 e. The first-order valence-electron chi connectivity index (χ1n) is 7.79. The summed E-state index contributed by atoms with van der Waals surface area (Å²) in [5.41, 5.74) is 3.23. The predicted molar refractivity (Wildman–Crippen MR) is 88.3 cm³/mol. The van der Waals surface area contributed by atoms with Crippen LogP contribution in [0.2, 0.25) is 0 Å². The Morgan fingerprint density at radius 1 is 1.15 bits per heavy atom. The minimum absolute atomic E-state index is 0.384. The fourth-order valence-electron chi connectivity index (χ4n) is 2.56. The third-order valence-corrected chi connectivity index (χ3v) is 3.79. The minimum atomic E-state index is 0.384. The number of benzene rings is 1. The Morgan fingerprint density at radius 2 is 1.90 bits per heavy atom. The van der Waals surface area contributed by atoms with Crippen molar-refractivity contribution in [2.45, 2.75) is 47.1 Å². The molecule has 0 amide bonds. The summed E-state index contributed by atoms with van der Waals surface area (Å²) < 4.78 is 2.43. The summed E-state index contributed by atoms with van der Waals surface area (Å²) in [7, 11) is 0. The lowest BCUT2D eigenvalue weighted by Crippen LogP contribution is -2.15. The van der Waals surface area contributed by atoms with Crippen molar-refractivity contribution in [2.24, 2.45) is 5.41 Å². The van der Waals surface area contributed by atoms with Crippen LogP contribution < -0.4 is 5.32 Å². The van der Waals surface area contributed by atoms with E-state index in [1.807, 2.05) is 0 Å². The second-order valence-corrected chi connectivity index (χ2v) is 6.78. The van der Waals surface area contributed by atoms with E-state index in [0.717, 1.165) is 26.1 Å². The van der Waals surface area contributed by atoms with Crippen LogP contribution in [-0.4, -0.2) is 17.7 Å². The van der Waals surface area contributed by atoms with Gasteiger partial charge in [-0.15, -0.1) is 0 Å². The molecule has 1 heterocycles. The van der Waals surface area contributed by atoms with E-state index in [1.54, 1.807) is 0 Å². The van der Waals surface area contributed by atoms with Crippen molar-refractivity contribution in [2.75, 3.05) is 13.1 Å². The van der Waals surface area contributed by atoms with Gasteiger partial charge < -0.3 is 9.88 Å². The lowest BCUT2D eigenvalue weighted by Gasteiger charge is -2.18. The van der Waals surface area contributed by atoms with Gasteiger partial charge >= 0.3 is 0 Å². The van der Waals surface area contributed by atoms with Crippen molar-refractivity contribution in [1.82, 2.24) is 9.88 Å². The van der Waals surface area contributed by atoms with Crippen LogP contribution in [-0.2, 0) is 13.0 Å². The van der Waals surface area contributed by atoms with Gasteiger partial charge in [0.2, 0.25) is 0 Å². The summed E-state index contributed by atoms with van der Waals surface area (Å²) in [5, 5.41) is 4.83. The highest BCUT2D eigenvalue weighted by molar-refractivity contribution is 5.84. The molecule has 0 saturated carbocycles. The van der Waals surface area contributed by atoms with Crippen LogP contribution in [0.25, 0.3) is 10.9 Å². The molecule has 0 aliphatic rings. The lowest BCUT2D eigenvalue weighted by atomic mass is 9.92. The molecule has 0 unspecified atom stereocenters. The van der Waals surface area contributed by atoms with Crippen molar-refractivity contribution in [3.8, 4) is 0 Å². The fourth-order valence-corrected chi connectivity index (χ4v) is 2.56. The number of likely N-dealkylation sites (N-methyl/N-ethyl adjacent to an activating group) is 1. The number of fused-ring (bicyclic) bond motifs is 1. The van der Waals surface area contributed by atoms with Gasteiger partial charge in [-0.1, -0.05) is 45.9 Å². The molecular formula is C18H28N2. The van der Waals surface area contributed by atoms with Gasteiger partial charge in [0, 0.05) is 23.6 Å². The average molecular weight is 272 g/mol. The summed E-state index contributed by atoms with van der Waals surface area (Å²) >= 11 is 0. The maximum atomic E-state index is 3.42. The number of aromatic nitrogens is 1. The van der Waals surface area contributed by atoms with Crippen molar-refractivity contribution in [3.63, 3.8) is 0 Å². The molecule has 1 N–H and O–H groups in total. The van der Waals surface area contributed by atoms with E-state index < -0.39 is 0 Å². The highest BCUT2D eigenvalue weighted by Crippen LogP contribution is 2.25. The normalized spacial score (nSPS) is 12.2. The molecule has 1 aromatic heterocycles. The summed E-state index contributed by atoms with van der Waals surface area (Å²) in [6.07, 6.45) is 4.67. The molecule has 0 fully saturated rings. The van der Waals surface area contributed by atoms with Crippen LogP contribution in [0.3, 0.4) is 0 Å². The number of para-hydroxylation sites is 1. The first kappa shape index (κ1) is 15.1. The largest absolute Gasteiger partial charge is 0.347 e. The van der Waals surface area contributed by atoms with E-state index in [-0.39, 0.29) is 0 Å². The van der Waals surface area contributed by atoms with Gasteiger partial charge in [0.05, 0.1) is 0 Å². The molecule has 2 nitrogen and oxygen atoms in total. The fraction of sp³-hybridized carbons (Fsp3) is 0.556. The molecule has 110 valence electrons. The molecule has 0 spiro atoms. The summed E-state index contributed by atoms with van der Waals surface area (Å²) in [5.74, 6) is 0. The van der Waals surface area contributed by atoms with E-state index in [1.165, 1.54) is 22.9 Å². The second kappa shape index (κ2) is 6.45. The van der Waals surface area contributed by atoms with Crippen LogP contribution in [0.15, 0.2) is 30.5 Å². The standard InChI is InChI=1S/C18H28N2/c1-5-19-12-10-15-14-20(13-11-18(2,3)4)17-9-7-6-8-16(15)17/h6-9,14,19H,5,10-13H2,1-4H3. The van der Waals surface area contributed by atoms with E-state index in [2.05, 4.69) is 68.0 Å². The molecule has 0 aliphatic carbocycles. The van der Waals surface area contributed by atoms with E-state index in [0.29, 0.717) is 5.41 Å². The van der Waals surface area contributed by atoms with Gasteiger partial charge in [-0.05, 0) is 43.0 Å². The number of nitrogens with one attached hydrogen (secondary N) is 1. The molecule has 0 radical (unpaired) electrons. The number of nitrogens with zero attached hydrogens (tertiary/aromatic N) is 1. The Morgan fingerprint density at radius 3 is 2.60 bits per heavy atom. The molecule has 2 aromatic rings. The van der Waals surface area contributed by atoms with Gasteiger partial charge in [0.15, 0.2) is 0 Å². The number of rotatable bonds is 6. The molecule has 0 atom stereocenters. The molecule has 0 aliphatic heterocycles. The van der Waals surface area contributed by atoms with Crippen molar-refractivity contribution >= 4 is 10.9 Å². The van der Waals surface area contributed by atoms with Crippen LogP contribution >= 0.6 is 0 Å². The van der Waals surface area contributed by atoms with Gasteiger partial charge in [-0.2, -0.15) is 0 Å². The Kier molecular flexibility index (Phi) is 4.87. The third kappa shape index (κ3) is 3.86. The molecule has 2 rings (SSSR count). The molecule has 2 heteroatoms. The first-order chi connectivity index (χ1) is 9.51. The van der Waals surface area contributed by atoms with Crippen LogP contribution in [0.5, 0.6) is 0 Å². The van der Waals surface area contributed by atoms with E-state index in [9.17, 15) is 0 Å². The quantitative estimate of drug-likeness (QED) is 0.779. The summed E-state index contributed by atoms with van der Waals surface area (Å²) in [4.78, 5) is 0. The zero-order chi connectivity index (χ0) is 14.6. The SMILES string of the molecule is CCNCCc1cn(CCC(C)(C)C)c2ccccc12. The Balaban J connectivity index is 2.21. The first-order valence-corrected chi connectivity index (χ1v) is 7.79. The Labute approximate surface area is 123 Å². The molecule has 20 heavy (non-hydrogen) atoms. The molecular weight excluding hydrogens is 244 g/mol. The zero-order valence-electron chi connectivity index (χ0n) is 13.4. The van der Waals surface area contributed by atoms with E-state index in [4.69, 9.17) is 0 Å². The van der Waals surface area contributed by atoms with Gasteiger partial charge in [0.25, 0.3) is 0 Å². The third-order valence-electron chi connectivity index (χ3n) is 3.79. The van der Waals surface area contributed by atoms with Crippen molar-refractivity contribution in [1.29, 1.82) is 0 Å². The van der Waals surface area contributed by atoms with Gasteiger partial charge in [-0.25, -0.2) is 0 Å². The topological polar surface area (TPSA) is 17.0 Å². The number of hydrogen-bond donors (Lipinski definition) is 1. The van der Waals surface area contributed by atoms with Crippen molar-refractivity contribution < 1.29 is 0 Å². The van der Waals surface area contributed by atoms with Crippen LogP contribution in [0.4, 0.5) is 0 Å². The summed E-state index contributed by atoms with van der Waals surface area (Å²) in [6, 6.07) is 8.79. The summed E-state index contributed by atoms with van der Waals surface area (Å²) in [6.45, 7) is 12.3. The van der Waals surface area contributed by atoms with Crippen molar-refractivity contribution in [3.05, 3.63) is 36.0 Å². The van der Waals surface area contributed by atoms with Crippen LogP contribution in [0, 0.1) is 5.41 Å². The number of aryl methyl sites for hydroxylation is 1. The Bertz CT molecular complexity index is 546. The maximum absolute atomic E-state index is 3.42. The lowest BCUT2D eigenvalue weighted by molar-refractivity contribution is 0.353. The predicted octanol–water partition coefficient (Wildman–Crippen LogP) is 4.23. The highest BCUT2D eigenvalue weighted by Gasteiger charge is 2.12. The maximum Gasteiger partial charge on any atom is 0.0483 e. The number of hydrogen-bond acceptors (Lipinski definition) is 1. The average Bonchev–Trinajstić information content (AvgIpc) is 2.75. The smallest absolute Gasteiger partial charge is 0.0483 e. The van der Waals surface area contributed by atoms with Crippen LogP contribution in [0.1, 0.15) is 39.7 Å². The molecule has 0 bridgehead atoms. The van der Waals surface area contributed by atoms with Gasteiger partial charge in [0.1, 0.15) is 0 Å². The zero-order valence-corrected chi connectivity index (χ0v) is 13.4. The Hall–Kier alpha value is -1.28. The monoisotopic (exact) mass is 272 g/mol. The van der Waals surface area contributed by atoms with Gasteiger partial charge in [-0.3, -0.25) is 0 Å².